The predicted octanol–water partition coefficient (Wildman–Crippen LogP) is 3.73. The molecule has 0 spiro atoms. The minimum atomic E-state index is -0.0199. The maximum atomic E-state index is 12.0. The molecule has 2 rings (SSSR count). The topological polar surface area (TPSA) is 42.9 Å². The van der Waals surface area contributed by atoms with Gasteiger partial charge in [-0.2, -0.15) is 0 Å². The summed E-state index contributed by atoms with van der Waals surface area (Å²) in [6, 6.07) is 7.75. The average molecular weight is 272 g/mol. The summed E-state index contributed by atoms with van der Waals surface area (Å²) in [6.45, 7) is 6.46. The smallest absolute Gasteiger partial charge is 0.185 e. The Balaban J connectivity index is 2.12. The molecule has 2 aromatic rings. The first-order chi connectivity index (χ1) is 8.97. The molecule has 4 heteroatoms. The standard InChI is InChI=1S/C15H16N2OS/c1-15(2,3)12-6-4-11(5-7-12)14(18)9-8-13-10-19-17-16-13/h4-10H,1-3H3/b9-8+. The van der Waals surface area contributed by atoms with Crippen LogP contribution >= 0.6 is 11.5 Å². The van der Waals surface area contributed by atoms with E-state index >= 15 is 0 Å². The SMILES string of the molecule is CC(C)(C)c1ccc(C(=O)/C=C/c2csnn2)cc1. The predicted molar refractivity (Wildman–Crippen MR) is 78.4 cm³/mol. The molecular formula is C15H16N2OS. The Morgan fingerprint density at radius 3 is 2.42 bits per heavy atom. The minimum absolute atomic E-state index is 0.0199. The van der Waals surface area contributed by atoms with Crippen molar-refractivity contribution in [1.82, 2.24) is 9.59 Å². The van der Waals surface area contributed by atoms with Gasteiger partial charge in [0.2, 0.25) is 0 Å². The molecule has 98 valence electrons. The van der Waals surface area contributed by atoms with Gasteiger partial charge in [-0.25, -0.2) is 0 Å². The molecular weight excluding hydrogens is 256 g/mol. The van der Waals surface area contributed by atoms with Crippen LogP contribution in [0.25, 0.3) is 6.08 Å². The molecule has 0 unspecified atom stereocenters. The summed E-state index contributed by atoms with van der Waals surface area (Å²) < 4.78 is 3.74. The highest BCUT2D eigenvalue weighted by Crippen LogP contribution is 2.22. The number of rotatable bonds is 3. The Morgan fingerprint density at radius 1 is 1.21 bits per heavy atom. The van der Waals surface area contributed by atoms with Crippen molar-refractivity contribution in [1.29, 1.82) is 0 Å². The van der Waals surface area contributed by atoms with Gasteiger partial charge in [0.05, 0.1) is 5.69 Å². The van der Waals surface area contributed by atoms with Gasteiger partial charge in [0.1, 0.15) is 0 Å². The number of nitrogens with zero attached hydrogens (tertiary/aromatic N) is 2. The van der Waals surface area contributed by atoms with Crippen molar-refractivity contribution in [3.63, 3.8) is 0 Å². The van der Waals surface area contributed by atoms with E-state index in [0.29, 0.717) is 11.3 Å². The number of carbonyl (C=O) groups is 1. The average Bonchev–Trinajstić information content (AvgIpc) is 2.88. The maximum Gasteiger partial charge on any atom is 0.185 e. The van der Waals surface area contributed by atoms with Crippen molar-refractivity contribution in [2.24, 2.45) is 0 Å². The molecule has 1 aromatic heterocycles. The van der Waals surface area contributed by atoms with E-state index in [-0.39, 0.29) is 11.2 Å². The molecule has 0 bridgehead atoms. The van der Waals surface area contributed by atoms with Crippen LogP contribution in [0.5, 0.6) is 0 Å². The lowest BCUT2D eigenvalue weighted by Crippen LogP contribution is -2.11. The van der Waals surface area contributed by atoms with E-state index in [2.05, 4.69) is 30.4 Å². The van der Waals surface area contributed by atoms with Crippen LogP contribution < -0.4 is 0 Å². The van der Waals surface area contributed by atoms with Gasteiger partial charge in [-0.3, -0.25) is 4.79 Å². The molecule has 0 radical (unpaired) electrons. The van der Waals surface area contributed by atoms with Gasteiger partial charge in [0, 0.05) is 10.9 Å². The van der Waals surface area contributed by atoms with Crippen LogP contribution in [-0.2, 0) is 5.41 Å². The van der Waals surface area contributed by atoms with E-state index in [9.17, 15) is 4.79 Å². The Morgan fingerprint density at radius 2 is 1.89 bits per heavy atom. The van der Waals surface area contributed by atoms with Crippen LogP contribution in [0.2, 0.25) is 0 Å². The van der Waals surface area contributed by atoms with Crippen LogP contribution in [0.4, 0.5) is 0 Å². The number of carbonyl (C=O) groups excluding carboxylic acids is 1. The van der Waals surface area contributed by atoms with Crippen LogP contribution in [-0.4, -0.2) is 15.4 Å². The fraction of sp³-hybridized carbons (Fsp3) is 0.267. The van der Waals surface area contributed by atoms with Crippen LogP contribution in [0.1, 0.15) is 42.4 Å². The van der Waals surface area contributed by atoms with Crippen LogP contribution in [0, 0.1) is 0 Å². The van der Waals surface area contributed by atoms with Crippen molar-refractivity contribution in [2.75, 3.05) is 0 Å². The van der Waals surface area contributed by atoms with Crippen molar-refractivity contribution >= 4 is 23.4 Å². The van der Waals surface area contributed by atoms with Gasteiger partial charge in [-0.1, -0.05) is 49.5 Å². The third kappa shape index (κ3) is 3.58. The van der Waals surface area contributed by atoms with Gasteiger partial charge in [-0.15, -0.1) is 5.10 Å². The second-order valence-electron chi connectivity index (χ2n) is 5.35. The zero-order chi connectivity index (χ0) is 13.9. The van der Waals surface area contributed by atoms with Gasteiger partial charge >= 0.3 is 0 Å². The second-order valence-corrected chi connectivity index (χ2v) is 5.96. The van der Waals surface area contributed by atoms with E-state index in [1.165, 1.54) is 23.2 Å². The maximum absolute atomic E-state index is 12.0. The summed E-state index contributed by atoms with van der Waals surface area (Å²) in [6.07, 6.45) is 3.21. The molecule has 0 N–H and O–H groups in total. The summed E-state index contributed by atoms with van der Waals surface area (Å²) >= 11 is 1.27. The first-order valence-electron chi connectivity index (χ1n) is 6.07. The fourth-order valence-electron chi connectivity index (χ4n) is 1.64. The zero-order valence-electron chi connectivity index (χ0n) is 11.3. The zero-order valence-corrected chi connectivity index (χ0v) is 12.1. The lowest BCUT2D eigenvalue weighted by Gasteiger charge is -2.18. The highest BCUT2D eigenvalue weighted by Gasteiger charge is 2.13. The molecule has 0 saturated carbocycles. The highest BCUT2D eigenvalue weighted by molar-refractivity contribution is 7.03. The normalized spacial score (nSPS) is 11.9. The molecule has 1 aromatic carbocycles. The summed E-state index contributed by atoms with van der Waals surface area (Å²) in [5.74, 6) is -0.0199. The van der Waals surface area contributed by atoms with Gasteiger partial charge in [0.15, 0.2) is 5.78 Å². The van der Waals surface area contributed by atoms with E-state index < -0.39 is 0 Å². The molecule has 0 aliphatic rings. The van der Waals surface area contributed by atoms with Gasteiger partial charge in [-0.05, 0) is 34.7 Å². The molecule has 0 fully saturated rings. The van der Waals surface area contributed by atoms with E-state index in [1.54, 1.807) is 11.5 Å². The van der Waals surface area contributed by atoms with Crippen molar-refractivity contribution in [2.45, 2.75) is 26.2 Å². The lowest BCUT2D eigenvalue weighted by molar-refractivity contribution is 0.104. The van der Waals surface area contributed by atoms with Crippen LogP contribution in [0.15, 0.2) is 35.7 Å². The fourth-order valence-corrected chi connectivity index (χ4v) is 2.06. The summed E-state index contributed by atoms with van der Waals surface area (Å²) in [7, 11) is 0. The minimum Gasteiger partial charge on any atom is -0.289 e. The molecule has 3 nitrogen and oxygen atoms in total. The number of aromatic nitrogens is 2. The quantitative estimate of drug-likeness (QED) is 0.631. The second kappa shape index (κ2) is 5.45. The Labute approximate surface area is 117 Å². The number of hydrogen-bond acceptors (Lipinski definition) is 4. The highest BCUT2D eigenvalue weighted by atomic mass is 32.1. The molecule has 0 aliphatic heterocycles. The van der Waals surface area contributed by atoms with Gasteiger partial charge in [0.25, 0.3) is 0 Å². The number of hydrogen-bond donors (Lipinski definition) is 0. The third-order valence-electron chi connectivity index (χ3n) is 2.82. The van der Waals surface area contributed by atoms with E-state index in [1.807, 2.05) is 24.3 Å². The number of benzene rings is 1. The van der Waals surface area contributed by atoms with E-state index in [0.717, 1.165) is 0 Å². The Bertz CT molecular complexity index is 578. The monoisotopic (exact) mass is 272 g/mol. The van der Waals surface area contributed by atoms with Crippen molar-refractivity contribution in [3.05, 3.63) is 52.5 Å². The largest absolute Gasteiger partial charge is 0.289 e. The number of ketones is 1. The third-order valence-corrected chi connectivity index (χ3v) is 3.34. The summed E-state index contributed by atoms with van der Waals surface area (Å²) in [5.41, 5.74) is 2.72. The molecule has 0 amide bonds. The lowest BCUT2D eigenvalue weighted by atomic mass is 9.86. The Hall–Kier alpha value is -1.81. The first kappa shape index (κ1) is 13.6. The molecule has 0 aliphatic carbocycles. The number of allylic oxidation sites excluding steroid dienone is 1. The molecule has 19 heavy (non-hydrogen) atoms. The van der Waals surface area contributed by atoms with Crippen molar-refractivity contribution in [3.8, 4) is 0 Å². The molecule has 0 saturated heterocycles. The first-order valence-corrected chi connectivity index (χ1v) is 6.90. The summed E-state index contributed by atoms with van der Waals surface area (Å²) in [4.78, 5) is 12.0. The molecule has 1 heterocycles. The Kier molecular flexibility index (Phi) is 3.90. The summed E-state index contributed by atoms with van der Waals surface area (Å²) in [5, 5.41) is 5.66. The molecule has 0 atom stereocenters. The van der Waals surface area contributed by atoms with Crippen molar-refractivity contribution < 1.29 is 4.79 Å². The van der Waals surface area contributed by atoms with Crippen LogP contribution in [0.3, 0.4) is 0 Å². The van der Waals surface area contributed by atoms with E-state index in [4.69, 9.17) is 0 Å². The van der Waals surface area contributed by atoms with Gasteiger partial charge < -0.3 is 0 Å².